The molecule has 3 heteroatoms. The molecule has 0 amide bonds. The third-order valence-corrected chi connectivity index (χ3v) is 2.56. The standard InChI is InChI=1S/C10H18O3/c1-7(2)10(12)5-8-6-13-4-3-9(8)11/h7-8,10,12H,3-6H2,1-2H3. The molecule has 0 radical (unpaired) electrons. The predicted molar refractivity (Wildman–Crippen MR) is 49.4 cm³/mol. The molecule has 1 N–H and O–H groups in total. The zero-order chi connectivity index (χ0) is 9.84. The fourth-order valence-electron chi connectivity index (χ4n) is 1.46. The minimum atomic E-state index is -0.379. The Bertz CT molecular complexity index is 177. The van der Waals surface area contributed by atoms with Gasteiger partial charge in [0, 0.05) is 12.3 Å². The Hall–Kier alpha value is -0.410. The van der Waals surface area contributed by atoms with Crippen LogP contribution in [0.5, 0.6) is 0 Å². The van der Waals surface area contributed by atoms with Crippen molar-refractivity contribution in [2.45, 2.75) is 32.8 Å². The van der Waals surface area contributed by atoms with Gasteiger partial charge in [-0.2, -0.15) is 0 Å². The summed E-state index contributed by atoms with van der Waals surface area (Å²) < 4.78 is 5.20. The van der Waals surface area contributed by atoms with Crippen LogP contribution in [-0.2, 0) is 9.53 Å². The molecule has 76 valence electrons. The lowest BCUT2D eigenvalue weighted by Crippen LogP contribution is -2.32. The first-order chi connectivity index (χ1) is 6.11. The Morgan fingerprint density at radius 2 is 2.31 bits per heavy atom. The van der Waals surface area contributed by atoms with Crippen LogP contribution in [0.2, 0.25) is 0 Å². The highest BCUT2D eigenvalue weighted by atomic mass is 16.5. The summed E-state index contributed by atoms with van der Waals surface area (Å²) in [7, 11) is 0. The number of aliphatic hydroxyl groups is 1. The van der Waals surface area contributed by atoms with Gasteiger partial charge in [0.05, 0.1) is 19.3 Å². The largest absolute Gasteiger partial charge is 0.393 e. The number of ether oxygens (including phenoxy) is 1. The highest BCUT2D eigenvalue weighted by Crippen LogP contribution is 2.18. The molecule has 1 aliphatic heterocycles. The van der Waals surface area contributed by atoms with Crippen molar-refractivity contribution < 1.29 is 14.6 Å². The average Bonchev–Trinajstić information content (AvgIpc) is 2.08. The van der Waals surface area contributed by atoms with Gasteiger partial charge < -0.3 is 9.84 Å². The van der Waals surface area contributed by atoms with Crippen LogP contribution in [-0.4, -0.2) is 30.2 Å². The number of rotatable bonds is 3. The number of carbonyl (C=O) groups excluding carboxylic acids is 1. The lowest BCUT2D eigenvalue weighted by atomic mass is 9.90. The fraction of sp³-hybridized carbons (Fsp3) is 0.900. The molecule has 1 fully saturated rings. The monoisotopic (exact) mass is 186 g/mol. The van der Waals surface area contributed by atoms with Crippen molar-refractivity contribution in [1.82, 2.24) is 0 Å². The first kappa shape index (κ1) is 10.7. The Morgan fingerprint density at radius 3 is 2.85 bits per heavy atom. The molecule has 13 heavy (non-hydrogen) atoms. The summed E-state index contributed by atoms with van der Waals surface area (Å²) in [6.45, 7) is 4.95. The summed E-state index contributed by atoms with van der Waals surface area (Å²) in [5.74, 6) is 0.381. The quantitative estimate of drug-likeness (QED) is 0.715. The molecule has 3 nitrogen and oxygen atoms in total. The molecular formula is C10H18O3. The lowest BCUT2D eigenvalue weighted by Gasteiger charge is -2.24. The van der Waals surface area contributed by atoms with Gasteiger partial charge in [-0.25, -0.2) is 0 Å². The highest BCUT2D eigenvalue weighted by Gasteiger charge is 2.26. The molecule has 1 heterocycles. The molecule has 0 saturated carbocycles. The molecule has 0 bridgehead atoms. The maximum Gasteiger partial charge on any atom is 0.140 e. The molecule has 0 aromatic carbocycles. The number of hydrogen-bond donors (Lipinski definition) is 1. The van der Waals surface area contributed by atoms with E-state index in [1.807, 2.05) is 13.8 Å². The van der Waals surface area contributed by atoms with E-state index in [0.717, 1.165) is 0 Å². The molecule has 1 rings (SSSR count). The van der Waals surface area contributed by atoms with Crippen molar-refractivity contribution in [3.63, 3.8) is 0 Å². The van der Waals surface area contributed by atoms with E-state index in [1.165, 1.54) is 0 Å². The highest BCUT2D eigenvalue weighted by molar-refractivity contribution is 5.81. The molecule has 2 unspecified atom stereocenters. The maximum absolute atomic E-state index is 11.4. The van der Waals surface area contributed by atoms with Crippen LogP contribution in [0.25, 0.3) is 0 Å². The van der Waals surface area contributed by atoms with Crippen molar-refractivity contribution >= 4 is 5.78 Å². The number of hydrogen-bond acceptors (Lipinski definition) is 3. The fourth-order valence-corrected chi connectivity index (χ4v) is 1.46. The minimum Gasteiger partial charge on any atom is -0.393 e. The Kier molecular flexibility index (Phi) is 3.88. The number of carbonyl (C=O) groups is 1. The SMILES string of the molecule is CC(C)C(O)CC1COCCC1=O. The smallest absolute Gasteiger partial charge is 0.140 e. The Morgan fingerprint density at radius 1 is 1.62 bits per heavy atom. The zero-order valence-electron chi connectivity index (χ0n) is 8.32. The third kappa shape index (κ3) is 3.08. The zero-order valence-corrected chi connectivity index (χ0v) is 8.32. The Labute approximate surface area is 79.1 Å². The normalized spacial score (nSPS) is 26.5. The maximum atomic E-state index is 11.4. The van der Waals surface area contributed by atoms with E-state index in [-0.39, 0.29) is 23.7 Å². The summed E-state index contributed by atoms with van der Waals surface area (Å²) in [4.78, 5) is 11.4. The molecule has 1 aliphatic rings. The van der Waals surface area contributed by atoms with E-state index < -0.39 is 0 Å². The summed E-state index contributed by atoms with van der Waals surface area (Å²) in [6, 6.07) is 0. The van der Waals surface area contributed by atoms with E-state index in [2.05, 4.69) is 0 Å². The second-order valence-electron chi connectivity index (χ2n) is 4.04. The number of ketones is 1. The van der Waals surface area contributed by atoms with E-state index in [0.29, 0.717) is 26.1 Å². The van der Waals surface area contributed by atoms with E-state index >= 15 is 0 Å². The average molecular weight is 186 g/mol. The van der Waals surface area contributed by atoms with Crippen LogP contribution in [0.3, 0.4) is 0 Å². The summed E-state index contributed by atoms with van der Waals surface area (Å²) >= 11 is 0. The van der Waals surface area contributed by atoms with Gasteiger partial charge in [-0.1, -0.05) is 13.8 Å². The predicted octanol–water partition coefficient (Wildman–Crippen LogP) is 0.999. The van der Waals surface area contributed by atoms with Crippen molar-refractivity contribution in [2.75, 3.05) is 13.2 Å². The van der Waals surface area contributed by atoms with Gasteiger partial charge in [0.2, 0.25) is 0 Å². The van der Waals surface area contributed by atoms with Crippen molar-refractivity contribution in [3.8, 4) is 0 Å². The molecule has 0 spiro atoms. The van der Waals surface area contributed by atoms with E-state index in [9.17, 15) is 9.90 Å². The van der Waals surface area contributed by atoms with Crippen LogP contribution in [0.15, 0.2) is 0 Å². The minimum absolute atomic E-state index is 0.0776. The van der Waals surface area contributed by atoms with Gasteiger partial charge in [0.15, 0.2) is 0 Å². The van der Waals surface area contributed by atoms with Gasteiger partial charge in [0.25, 0.3) is 0 Å². The summed E-state index contributed by atoms with van der Waals surface area (Å²) in [6.07, 6.45) is 0.682. The van der Waals surface area contributed by atoms with Gasteiger partial charge in [-0.15, -0.1) is 0 Å². The molecule has 0 aromatic rings. The van der Waals surface area contributed by atoms with Crippen molar-refractivity contribution in [2.24, 2.45) is 11.8 Å². The van der Waals surface area contributed by atoms with Gasteiger partial charge in [-0.05, 0) is 12.3 Å². The molecular weight excluding hydrogens is 168 g/mol. The topological polar surface area (TPSA) is 46.5 Å². The Balaban J connectivity index is 2.38. The summed E-state index contributed by atoms with van der Waals surface area (Å²) in [5, 5.41) is 9.59. The molecule has 2 atom stereocenters. The number of Topliss-reactive ketones (excluding diaryl/α,β-unsaturated/α-hetero) is 1. The van der Waals surface area contributed by atoms with Crippen molar-refractivity contribution in [3.05, 3.63) is 0 Å². The first-order valence-corrected chi connectivity index (χ1v) is 4.89. The second kappa shape index (κ2) is 4.72. The van der Waals surface area contributed by atoms with Crippen LogP contribution < -0.4 is 0 Å². The molecule has 1 saturated heterocycles. The van der Waals surface area contributed by atoms with E-state index in [4.69, 9.17) is 4.74 Å². The van der Waals surface area contributed by atoms with Gasteiger partial charge >= 0.3 is 0 Å². The van der Waals surface area contributed by atoms with Gasteiger partial charge in [-0.3, -0.25) is 4.79 Å². The first-order valence-electron chi connectivity index (χ1n) is 4.89. The number of aliphatic hydroxyl groups excluding tert-OH is 1. The molecule has 0 aromatic heterocycles. The second-order valence-corrected chi connectivity index (χ2v) is 4.04. The third-order valence-electron chi connectivity index (χ3n) is 2.56. The molecule has 0 aliphatic carbocycles. The summed E-state index contributed by atoms with van der Waals surface area (Å²) in [5.41, 5.74) is 0. The van der Waals surface area contributed by atoms with E-state index in [1.54, 1.807) is 0 Å². The van der Waals surface area contributed by atoms with Crippen molar-refractivity contribution in [1.29, 1.82) is 0 Å². The van der Waals surface area contributed by atoms with Crippen LogP contribution >= 0.6 is 0 Å². The van der Waals surface area contributed by atoms with Crippen LogP contribution in [0.4, 0.5) is 0 Å². The van der Waals surface area contributed by atoms with Crippen LogP contribution in [0.1, 0.15) is 26.7 Å². The van der Waals surface area contributed by atoms with Gasteiger partial charge in [0.1, 0.15) is 5.78 Å². The lowest BCUT2D eigenvalue weighted by molar-refractivity contribution is -0.132. The van der Waals surface area contributed by atoms with Crippen LogP contribution in [0, 0.1) is 11.8 Å².